The SMILES string of the molecule is CN(C)CCNC(=O)c1nc(C(=O)c2cccs2)c2sccc2n1. The number of ketones is 1. The summed E-state index contributed by atoms with van der Waals surface area (Å²) < 4.78 is 0.707. The van der Waals surface area contributed by atoms with Crippen molar-refractivity contribution in [1.29, 1.82) is 0 Å². The third-order valence-corrected chi connectivity index (χ3v) is 5.09. The van der Waals surface area contributed by atoms with Crippen molar-refractivity contribution in [2.24, 2.45) is 0 Å². The molecule has 3 aromatic heterocycles. The number of likely N-dealkylation sites (N-methyl/N-ethyl adjacent to an activating group) is 1. The van der Waals surface area contributed by atoms with Crippen LogP contribution >= 0.6 is 22.7 Å². The smallest absolute Gasteiger partial charge is 0.289 e. The predicted octanol–water partition coefficient (Wildman–Crippen LogP) is 2.28. The Hall–Kier alpha value is -2.16. The minimum Gasteiger partial charge on any atom is -0.348 e. The van der Waals surface area contributed by atoms with Crippen LogP contribution in [0.15, 0.2) is 29.0 Å². The van der Waals surface area contributed by atoms with Crippen molar-refractivity contribution in [3.63, 3.8) is 0 Å². The number of thiophene rings is 2. The van der Waals surface area contributed by atoms with Gasteiger partial charge < -0.3 is 10.2 Å². The highest BCUT2D eigenvalue weighted by molar-refractivity contribution is 7.17. The zero-order chi connectivity index (χ0) is 17.1. The molecule has 0 aliphatic carbocycles. The van der Waals surface area contributed by atoms with Crippen molar-refractivity contribution in [2.45, 2.75) is 0 Å². The standard InChI is InChI=1S/C16H16N4O2S2/c1-20(2)7-6-17-16(22)15-18-10-5-9-24-14(10)12(19-15)13(21)11-4-3-8-23-11/h3-5,8-9H,6-7H2,1-2H3,(H,17,22). The van der Waals surface area contributed by atoms with E-state index in [0.29, 0.717) is 28.2 Å². The topological polar surface area (TPSA) is 75.2 Å². The van der Waals surface area contributed by atoms with E-state index in [4.69, 9.17) is 0 Å². The minimum absolute atomic E-state index is 0.0274. The first-order chi connectivity index (χ1) is 11.6. The van der Waals surface area contributed by atoms with Gasteiger partial charge in [0.15, 0.2) is 0 Å². The maximum absolute atomic E-state index is 12.7. The first-order valence-corrected chi connectivity index (χ1v) is 9.08. The van der Waals surface area contributed by atoms with Gasteiger partial charge in [-0.15, -0.1) is 22.7 Å². The summed E-state index contributed by atoms with van der Waals surface area (Å²) >= 11 is 2.76. The van der Waals surface area contributed by atoms with Crippen molar-refractivity contribution in [3.8, 4) is 0 Å². The van der Waals surface area contributed by atoms with Crippen LogP contribution in [0, 0.1) is 0 Å². The Labute approximate surface area is 147 Å². The number of hydrogen-bond donors (Lipinski definition) is 1. The van der Waals surface area contributed by atoms with Crippen LogP contribution in [0.25, 0.3) is 10.2 Å². The molecular formula is C16H16N4O2S2. The molecule has 0 atom stereocenters. The van der Waals surface area contributed by atoms with Crippen LogP contribution in [0.3, 0.4) is 0 Å². The molecule has 6 nitrogen and oxygen atoms in total. The van der Waals surface area contributed by atoms with E-state index in [9.17, 15) is 9.59 Å². The Morgan fingerprint density at radius 3 is 2.71 bits per heavy atom. The van der Waals surface area contributed by atoms with Crippen LogP contribution in [0.2, 0.25) is 0 Å². The van der Waals surface area contributed by atoms with Gasteiger partial charge in [0.1, 0.15) is 5.69 Å². The van der Waals surface area contributed by atoms with Crippen LogP contribution in [0.4, 0.5) is 0 Å². The molecule has 0 spiro atoms. The van der Waals surface area contributed by atoms with E-state index >= 15 is 0 Å². The lowest BCUT2D eigenvalue weighted by atomic mass is 10.2. The van der Waals surface area contributed by atoms with Gasteiger partial charge in [0.05, 0.1) is 15.1 Å². The number of nitrogens with one attached hydrogen (secondary N) is 1. The Morgan fingerprint density at radius 2 is 2.00 bits per heavy atom. The molecular weight excluding hydrogens is 344 g/mol. The summed E-state index contributed by atoms with van der Waals surface area (Å²) in [6, 6.07) is 5.37. The number of nitrogens with zero attached hydrogens (tertiary/aromatic N) is 3. The number of rotatable bonds is 6. The predicted molar refractivity (Wildman–Crippen MR) is 96.1 cm³/mol. The average molecular weight is 360 g/mol. The van der Waals surface area contributed by atoms with E-state index in [-0.39, 0.29) is 23.2 Å². The highest BCUT2D eigenvalue weighted by atomic mass is 32.1. The molecule has 24 heavy (non-hydrogen) atoms. The third-order valence-electron chi connectivity index (χ3n) is 3.31. The van der Waals surface area contributed by atoms with Crippen LogP contribution in [-0.4, -0.2) is 53.7 Å². The third kappa shape index (κ3) is 3.50. The van der Waals surface area contributed by atoms with E-state index in [1.807, 2.05) is 35.8 Å². The number of carbonyl (C=O) groups is 2. The summed E-state index contributed by atoms with van der Waals surface area (Å²) in [4.78, 5) is 36.1. The molecule has 8 heteroatoms. The van der Waals surface area contributed by atoms with Crippen molar-refractivity contribution >= 4 is 44.6 Å². The molecule has 3 heterocycles. The molecule has 0 fully saturated rings. The lowest BCUT2D eigenvalue weighted by Crippen LogP contribution is -2.32. The highest BCUT2D eigenvalue weighted by Gasteiger charge is 2.21. The molecule has 0 aliphatic heterocycles. The van der Waals surface area contributed by atoms with Gasteiger partial charge in [-0.2, -0.15) is 0 Å². The molecule has 0 bridgehead atoms. The summed E-state index contributed by atoms with van der Waals surface area (Å²) in [5.41, 5.74) is 0.905. The monoisotopic (exact) mass is 360 g/mol. The fourth-order valence-electron chi connectivity index (χ4n) is 2.12. The molecule has 3 rings (SSSR count). The number of carbonyl (C=O) groups excluding carboxylic acids is 2. The molecule has 0 radical (unpaired) electrons. The Morgan fingerprint density at radius 1 is 1.17 bits per heavy atom. The molecule has 0 aliphatic rings. The van der Waals surface area contributed by atoms with Crippen LogP contribution in [0.5, 0.6) is 0 Å². The van der Waals surface area contributed by atoms with Gasteiger partial charge >= 0.3 is 0 Å². The summed E-state index contributed by atoms with van der Waals surface area (Å²) in [6.45, 7) is 1.21. The van der Waals surface area contributed by atoms with Gasteiger partial charge in [0.25, 0.3) is 5.91 Å². The second-order valence-electron chi connectivity index (χ2n) is 5.40. The largest absolute Gasteiger partial charge is 0.348 e. The van der Waals surface area contributed by atoms with Crippen molar-refractivity contribution in [2.75, 3.05) is 27.2 Å². The van der Waals surface area contributed by atoms with Crippen molar-refractivity contribution in [1.82, 2.24) is 20.2 Å². The second-order valence-corrected chi connectivity index (χ2v) is 7.26. The van der Waals surface area contributed by atoms with Gasteiger partial charge in [-0.3, -0.25) is 9.59 Å². The maximum Gasteiger partial charge on any atom is 0.289 e. The van der Waals surface area contributed by atoms with Gasteiger partial charge in [-0.05, 0) is 37.0 Å². The van der Waals surface area contributed by atoms with E-state index in [0.717, 1.165) is 0 Å². The Kier molecular flexibility index (Phi) is 4.98. The quantitative estimate of drug-likeness (QED) is 0.683. The van der Waals surface area contributed by atoms with Crippen LogP contribution in [-0.2, 0) is 0 Å². The Bertz CT molecular complexity index is 871. The van der Waals surface area contributed by atoms with E-state index in [1.165, 1.54) is 22.7 Å². The molecule has 0 unspecified atom stereocenters. The van der Waals surface area contributed by atoms with Gasteiger partial charge in [-0.25, -0.2) is 9.97 Å². The molecule has 0 saturated heterocycles. The number of hydrogen-bond acceptors (Lipinski definition) is 7. The van der Waals surface area contributed by atoms with Gasteiger partial charge in [0.2, 0.25) is 11.6 Å². The molecule has 3 aromatic rings. The molecule has 1 amide bonds. The maximum atomic E-state index is 12.7. The lowest BCUT2D eigenvalue weighted by Gasteiger charge is -2.10. The normalized spacial score (nSPS) is 11.1. The number of aromatic nitrogens is 2. The second kappa shape index (κ2) is 7.16. The lowest BCUT2D eigenvalue weighted by molar-refractivity contribution is 0.0941. The van der Waals surface area contributed by atoms with Crippen molar-refractivity contribution < 1.29 is 9.59 Å². The van der Waals surface area contributed by atoms with E-state index in [1.54, 1.807) is 12.1 Å². The summed E-state index contributed by atoms with van der Waals surface area (Å²) in [5.74, 6) is -0.521. The first kappa shape index (κ1) is 16.7. The number of amides is 1. The summed E-state index contributed by atoms with van der Waals surface area (Å²) in [7, 11) is 3.86. The average Bonchev–Trinajstić information content (AvgIpc) is 3.23. The van der Waals surface area contributed by atoms with Gasteiger partial charge in [0, 0.05) is 13.1 Å². The molecule has 1 N–H and O–H groups in total. The molecule has 124 valence electrons. The first-order valence-electron chi connectivity index (χ1n) is 7.32. The zero-order valence-electron chi connectivity index (χ0n) is 13.3. The summed E-state index contributed by atoms with van der Waals surface area (Å²) in [6.07, 6.45) is 0. The zero-order valence-corrected chi connectivity index (χ0v) is 14.9. The minimum atomic E-state index is -0.370. The summed E-state index contributed by atoms with van der Waals surface area (Å²) in [5, 5.41) is 6.46. The highest BCUT2D eigenvalue weighted by Crippen LogP contribution is 2.25. The number of fused-ring (bicyclic) bond motifs is 1. The molecule has 0 saturated carbocycles. The van der Waals surface area contributed by atoms with Gasteiger partial charge in [-0.1, -0.05) is 6.07 Å². The van der Waals surface area contributed by atoms with E-state index < -0.39 is 0 Å². The van der Waals surface area contributed by atoms with Crippen LogP contribution < -0.4 is 5.32 Å². The fourth-order valence-corrected chi connectivity index (χ4v) is 3.60. The molecule has 0 aromatic carbocycles. The fraction of sp³-hybridized carbons (Fsp3) is 0.250. The van der Waals surface area contributed by atoms with Crippen molar-refractivity contribution in [3.05, 3.63) is 45.4 Å². The Balaban J connectivity index is 1.93. The van der Waals surface area contributed by atoms with Crippen LogP contribution in [0.1, 0.15) is 26.0 Å². The van der Waals surface area contributed by atoms with E-state index in [2.05, 4.69) is 15.3 Å².